The minimum Gasteiger partial charge on any atom is -0.392 e. The third-order valence-electron chi connectivity index (χ3n) is 4.05. The van der Waals surface area contributed by atoms with E-state index in [9.17, 15) is 5.11 Å². The first-order valence-corrected chi connectivity index (χ1v) is 8.27. The van der Waals surface area contributed by atoms with Crippen molar-refractivity contribution in [3.63, 3.8) is 0 Å². The maximum atomic E-state index is 9.66. The maximum Gasteiger partial charge on any atom is 0.0811 e. The van der Waals surface area contributed by atoms with Gasteiger partial charge in [0.1, 0.15) is 0 Å². The molecule has 2 atom stereocenters. The molecule has 0 radical (unpaired) electrons. The second kappa shape index (κ2) is 6.66. The highest BCUT2D eigenvalue weighted by Gasteiger charge is 2.23. The van der Waals surface area contributed by atoms with Crippen LogP contribution in [0.15, 0.2) is 35.2 Å². The minimum atomic E-state index is -0.163. The van der Waals surface area contributed by atoms with E-state index >= 15 is 0 Å². The number of aliphatic hydroxyl groups is 1. The molecule has 1 aromatic heterocycles. The fourth-order valence-electron chi connectivity index (χ4n) is 2.87. The number of β-amino-alcohol motifs (C(OH)–C–C–N with tert-alkyl or cyclic N) is 1. The first kappa shape index (κ1) is 14.7. The Labute approximate surface area is 129 Å². The van der Waals surface area contributed by atoms with E-state index in [1.165, 1.54) is 5.56 Å². The molecule has 1 aromatic carbocycles. The molecule has 0 amide bonds. The molecule has 1 aliphatic rings. The largest absolute Gasteiger partial charge is 0.392 e. The van der Waals surface area contributed by atoms with Gasteiger partial charge in [0, 0.05) is 36.6 Å². The van der Waals surface area contributed by atoms with Crippen LogP contribution in [0.25, 0.3) is 11.3 Å². The summed E-state index contributed by atoms with van der Waals surface area (Å²) in [5, 5.41) is 15.1. The third kappa shape index (κ3) is 3.49. The first-order valence-electron chi connectivity index (χ1n) is 7.32. The summed E-state index contributed by atoms with van der Waals surface area (Å²) < 4.78 is 0. The Morgan fingerprint density at radius 2 is 2.43 bits per heavy atom. The van der Waals surface area contributed by atoms with E-state index in [0.29, 0.717) is 0 Å². The van der Waals surface area contributed by atoms with Gasteiger partial charge in [-0.2, -0.15) is 0 Å². The zero-order chi connectivity index (χ0) is 14.7. The van der Waals surface area contributed by atoms with Crippen molar-refractivity contribution in [2.24, 2.45) is 0 Å². The smallest absolute Gasteiger partial charge is 0.0811 e. The van der Waals surface area contributed by atoms with Gasteiger partial charge in [0.05, 0.1) is 17.3 Å². The Kier molecular flexibility index (Phi) is 4.65. The van der Waals surface area contributed by atoms with Crippen molar-refractivity contribution in [1.29, 1.82) is 0 Å². The molecule has 2 heterocycles. The predicted octanol–water partition coefficient (Wildman–Crippen LogP) is 2.14. The minimum absolute atomic E-state index is 0.163. The highest BCUT2D eigenvalue weighted by atomic mass is 32.1. The molecular formula is C16H21N3OS. The summed E-state index contributed by atoms with van der Waals surface area (Å²) in [6.07, 6.45) is 0.721. The molecule has 0 bridgehead atoms. The number of nitrogens with zero attached hydrogens (tertiary/aromatic N) is 2. The van der Waals surface area contributed by atoms with E-state index in [2.05, 4.69) is 44.8 Å². The standard InChI is InChI=1S/C16H21N3OS/c1-17-15(9-19-6-5-14(20)8-19)12-3-2-4-13(7-12)16-10-21-11-18-16/h2-4,7,10-11,14-15,17,20H,5-6,8-9H2,1H3/t14-,15+/m0/s1. The van der Waals surface area contributed by atoms with Crippen molar-refractivity contribution < 1.29 is 5.11 Å². The number of hydrogen-bond acceptors (Lipinski definition) is 5. The summed E-state index contributed by atoms with van der Waals surface area (Å²) in [5.74, 6) is 0. The Bertz CT molecular complexity index is 573. The van der Waals surface area contributed by atoms with E-state index in [1.54, 1.807) is 11.3 Å². The number of likely N-dealkylation sites (tertiary alicyclic amines) is 1. The summed E-state index contributed by atoms with van der Waals surface area (Å²) in [6, 6.07) is 8.83. The van der Waals surface area contributed by atoms with Crippen LogP contribution in [0.4, 0.5) is 0 Å². The average molecular weight is 303 g/mol. The lowest BCUT2D eigenvalue weighted by atomic mass is 10.0. The highest BCUT2D eigenvalue weighted by Crippen LogP contribution is 2.24. The quantitative estimate of drug-likeness (QED) is 0.888. The Morgan fingerprint density at radius 3 is 3.10 bits per heavy atom. The molecule has 0 aliphatic carbocycles. The molecular weight excluding hydrogens is 282 g/mol. The molecule has 5 heteroatoms. The van der Waals surface area contributed by atoms with Crippen LogP contribution in [-0.4, -0.2) is 47.8 Å². The van der Waals surface area contributed by atoms with Gasteiger partial charge in [0.15, 0.2) is 0 Å². The van der Waals surface area contributed by atoms with E-state index in [0.717, 1.165) is 37.3 Å². The molecule has 1 saturated heterocycles. The van der Waals surface area contributed by atoms with Gasteiger partial charge in [-0.25, -0.2) is 4.98 Å². The summed E-state index contributed by atoms with van der Waals surface area (Å²) in [5.41, 5.74) is 5.33. The second-order valence-electron chi connectivity index (χ2n) is 5.54. The SMILES string of the molecule is CN[C@H](CN1CC[C@H](O)C1)c1cccc(-c2cscn2)c1. The molecule has 21 heavy (non-hydrogen) atoms. The fraction of sp³-hybridized carbons (Fsp3) is 0.438. The average Bonchev–Trinajstić information content (AvgIpc) is 3.16. The van der Waals surface area contributed by atoms with Crippen LogP contribution in [-0.2, 0) is 0 Å². The highest BCUT2D eigenvalue weighted by molar-refractivity contribution is 7.07. The number of nitrogens with one attached hydrogen (secondary N) is 1. The number of aromatic nitrogens is 1. The molecule has 4 nitrogen and oxygen atoms in total. The normalized spacial score (nSPS) is 20.8. The fourth-order valence-corrected chi connectivity index (χ4v) is 3.43. The van der Waals surface area contributed by atoms with Crippen LogP contribution < -0.4 is 5.32 Å². The number of thiazole rings is 1. The van der Waals surface area contributed by atoms with Gasteiger partial charge < -0.3 is 10.4 Å². The topological polar surface area (TPSA) is 48.4 Å². The molecule has 1 fully saturated rings. The van der Waals surface area contributed by atoms with Gasteiger partial charge in [0.2, 0.25) is 0 Å². The van der Waals surface area contributed by atoms with Crippen molar-refractivity contribution in [2.75, 3.05) is 26.7 Å². The van der Waals surface area contributed by atoms with Crippen LogP contribution in [0.3, 0.4) is 0 Å². The Hall–Kier alpha value is -1.27. The molecule has 0 unspecified atom stereocenters. The number of benzene rings is 1. The van der Waals surface area contributed by atoms with Gasteiger partial charge in [-0.05, 0) is 25.1 Å². The number of aliphatic hydroxyl groups excluding tert-OH is 1. The lowest BCUT2D eigenvalue weighted by Gasteiger charge is -2.24. The molecule has 2 N–H and O–H groups in total. The van der Waals surface area contributed by atoms with Gasteiger partial charge >= 0.3 is 0 Å². The van der Waals surface area contributed by atoms with Gasteiger partial charge in [-0.15, -0.1) is 11.3 Å². The van der Waals surface area contributed by atoms with Crippen molar-refractivity contribution in [1.82, 2.24) is 15.2 Å². The van der Waals surface area contributed by atoms with Gasteiger partial charge in [-0.1, -0.05) is 18.2 Å². The van der Waals surface area contributed by atoms with Gasteiger partial charge in [-0.3, -0.25) is 4.90 Å². The zero-order valence-corrected chi connectivity index (χ0v) is 13.0. The van der Waals surface area contributed by atoms with Gasteiger partial charge in [0.25, 0.3) is 0 Å². The van der Waals surface area contributed by atoms with E-state index in [-0.39, 0.29) is 12.1 Å². The summed E-state index contributed by atoms with van der Waals surface area (Å²) in [6.45, 7) is 2.68. The number of hydrogen-bond donors (Lipinski definition) is 2. The van der Waals surface area contributed by atoms with E-state index in [1.807, 2.05) is 12.6 Å². The Morgan fingerprint density at radius 1 is 1.52 bits per heavy atom. The lowest BCUT2D eigenvalue weighted by molar-refractivity contribution is 0.173. The molecule has 2 aromatic rings. The van der Waals surface area contributed by atoms with Crippen LogP contribution in [0, 0.1) is 0 Å². The first-order chi connectivity index (χ1) is 10.3. The van der Waals surface area contributed by atoms with Crippen LogP contribution >= 0.6 is 11.3 Å². The second-order valence-corrected chi connectivity index (χ2v) is 6.26. The Balaban J connectivity index is 1.76. The monoisotopic (exact) mass is 303 g/mol. The van der Waals surface area contributed by atoms with Crippen LogP contribution in [0.1, 0.15) is 18.0 Å². The lowest BCUT2D eigenvalue weighted by Crippen LogP contribution is -2.33. The van der Waals surface area contributed by atoms with E-state index in [4.69, 9.17) is 0 Å². The summed E-state index contributed by atoms with van der Waals surface area (Å²) >= 11 is 1.62. The number of rotatable bonds is 5. The summed E-state index contributed by atoms with van der Waals surface area (Å²) in [7, 11) is 1.99. The van der Waals surface area contributed by atoms with Crippen molar-refractivity contribution in [3.8, 4) is 11.3 Å². The third-order valence-corrected chi connectivity index (χ3v) is 4.64. The van der Waals surface area contributed by atoms with Crippen molar-refractivity contribution >= 4 is 11.3 Å². The van der Waals surface area contributed by atoms with Crippen molar-refractivity contribution in [3.05, 3.63) is 40.7 Å². The molecule has 0 spiro atoms. The summed E-state index contributed by atoms with van der Waals surface area (Å²) in [4.78, 5) is 6.70. The number of likely N-dealkylation sites (N-methyl/N-ethyl adjacent to an activating group) is 1. The molecule has 3 rings (SSSR count). The molecule has 112 valence electrons. The maximum absolute atomic E-state index is 9.66. The molecule has 0 saturated carbocycles. The van der Waals surface area contributed by atoms with E-state index < -0.39 is 0 Å². The van der Waals surface area contributed by atoms with Crippen LogP contribution in [0.5, 0.6) is 0 Å². The van der Waals surface area contributed by atoms with Crippen LogP contribution in [0.2, 0.25) is 0 Å². The predicted molar refractivity (Wildman–Crippen MR) is 86.4 cm³/mol. The molecule has 1 aliphatic heterocycles. The zero-order valence-electron chi connectivity index (χ0n) is 12.2. The van der Waals surface area contributed by atoms with Crippen molar-refractivity contribution in [2.45, 2.75) is 18.6 Å².